The number of hydrogen-bond acceptors (Lipinski definition) is 8. The Hall–Kier alpha value is -4.71. The third kappa shape index (κ3) is 5.11. The maximum absolute atomic E-state index is 13.3. The van der Waals surface area contributed by atoms with Crippen molar-refractivity contribution in [1.82, 2.24) is 38.6 Å². The van der Waals surface area contributed by atoms with Gasteiger partial charge in [-0.3, -0.25) is 9.59 Å². The van der Waals surface area contributed by atoms with Gasteiger partial charge in [-0.25, -0.2) is 19.0 Å². The van der Waals surface area contributed by atoms with Crippen molar-refractivity contribution in [2.75, 3.05) is 37.4 Å². The van der Waals surface area contributed by atoms with Crippen LogP contribution in [0.15, 0.2) is 65.0 Å². The first-order valence-electron chi connectivity index (χ1n) is 14.6. The van der Waals surface area contributed by atoms with E-state index in [1.54, 1.807) is 16.8 Å². The van der Waals surface area contributed by atoms with E-state index in [1.807, 2.05) is 19.9 Å². The molecule has 1 aliphatic rings. The number of fused-ring (bicyclic) bond motifs is 2. The van der Waals surface area contributed by atoms with Gasteiger partial charge in [0.2, 0.25) is 5.95 Å². The molecule has 0 amide bonds. The summed E-state index contributed by atoms with van der Waals surface area (Å²) >= 11 is 0. The fraction of sp³-hybridized carbons (Fsp3) is 0.387. The molecule has 224 valence electrons. The topological polar surface area (TPSA) is 111 Å². The van der Waals surface area contributed by atoms with Crippen LogP contribution < -0.4 is 21.3 Å². The Morgan fingerprint density at radius 2 is 1.88 bits per heavy atom. The van der Waals surface area contributed by atoms with Crippen LogP contribution in [-0.2, 0) is 13.6 Å². The molecule has 6 rings (SSSR count). The molecular formula is C31H38N10O2. The largest absolute Gasteiger partial charge is 0.370 e. The molecule has 0 saturated carbocycles. The predicted octanol–water partition coefficient (Wildman–Crippen LogP) is 3.67. The maximum Gasteiger partial charge on any atom is 0.278 e. The lowest BCUT2D eigenvalue weighted by Crippen LogP contribution is -2.41. The Kier molecular flexibility index (Phi) is 7.38. The molecule has 1 N–H and O–H groups in total. The van der Waals surface area contributed by atoms with Crippen LogP contribution in [0.1, 0.15) is 32.7 Å². The molecule has 0 spiro atoms. The van der Waals surface area contributed by atoms with Crippen LogP contribution in [0.2, 0.25) is 0 Å². The van der Waals surface area contributed by atoms with Crippen molar-refractivity contribution in [1.29, 1.82) is 0 Å². The molecule has 43 heavy (non-hydrogen) atoms. The molecule has 1 fully saturated rings. The first-order chi connectivity index (χ1) is 20.7. The van der Waals surface area contributed by atoms with Crippen molar-refractivity contribution in [3.8, 4) is 5.82 Å². The highest BCUT2D eigenvalue weighted by atomic mass is 16.1. The van der Waals surface area contributed by atoms with Gasteiger partial charge >= 0.3 is 0 Å². The summed E-state index contributed by atoms with van der Waals surface area (Å²) in [5, 5.41) is 9.42. The number of nitrogens with one attached hydrogen (secondary N) is 1. The van der Waals surface area contributed by atoms with Crippen molar-refractivity contribution in [3.63, 3.8) is 0 Å². The van der Waals surface area contributed by atoms with Gasteiger partial charge in [-0.15, -0.1) is 11.7 Å². The van der Waals surface area contributed by atoms with E-state index in [1.165, 1.54) is 32.7 Å². The summed E-state index contributed by atoms with van der Waals surface area (Å²) in [4.78, 5) is 39.7. The van der Waals surface area contributed by atoms with Gasteiger partial charge in [-0.1, -0.05) is 6.08 Å². The molecular weight excluding hydrogens is 544 g/mol. The van der Waals surface area contributed by atoms with Crippen LogP contribution in [0.4, 0.5) is 17.3 Å². The summed E-state index contributed by atoms with van der Waals surface area (Å²) < 4.78 is 6.65. The van der Waals surface area contributed by atoms with Crippen LogP contribution in [0.3, 0.4) is 0 Å². The third-order valence-electron chi connectivity index (χ3n) is 8.26. The van der Waals surface area contributed by atoms with Gasteiger partial charge in [-0.05, 0) is 65.0 Å². The molecule has 1 aliphatic heterocycles. The maximum atomic E-state index is 13.3. The van der Waals surface area contributed by atoms with E-state index in [-0.39, 0.29) is 23.7 Å². The first-order valence-corrected chi connectivity index (χ1v) is 14.6. The molecule has 12 heteroatoms. The van der Waals surface area contributed by atoms with Crippen molar-refractivity contribution in [2.45, 2.75) is 45.3 Å². The Morgan fingerprint density at radius 3 is 2.58 bits per heavy atom. The van der Waals surface area contributed by atoms with Gasteiger partial charge < -0.3 is 19.7 Å². The van der Waals surface area contributed by atoms with Crippen molar-refractivity contribution >= 4 is 39.3 Å². The third-order valence-corrected chi connectivity index (χ3v) is 8.26. The lowest BCUT2D eigenvalue weighted by Gasteiger charge is -2.36. The van der Waals surface area contributed by atoms with E-state index in [2.05, 4.69) is 75.8 Å². The van der Waals surface area contributed by atoms with Gasteiger partial charge in [0, 0.05) is 55.7 Å². The molecule has 4 aromatic heterocycles. The normalized spacial score (nSPS) is 14.4. The van der Waals surface area contributed by atoms with Crippen LogP contribution >= 0.6 is 0 Å². The molecule has 0 atom stereocenters. The fourth-order valence-electron chi connectivity index (χ4n) is 5.95. The minimum atomic E-state index is -0.266. The number of rotatable bonds is 8. The minimum Gasteiger partial charge on any atom is -0.370 e. The van der Waals surface area contributed by atoms with Crippen molar-refractivity contribution < 1.29 is 0 Å². The van der Waals surface area contributed by atoms with E-state index in [0.717, 1.165) is 37.1 Å². The quantitative estimate of drug-likeness (QED) is 0.276. The average molecular weight is 583 g/mol. The number of anilines is 3. The molecule has 5 aromatic rings. The number of allylic oxidation sites excluding steroid dienone is 1. The second-order valence-corrected chi connectivity index (χ2v) is 11.7. The van der Waals surface area contributed by atoms with Crippen LogP contribution in [0.5, 0.6) is 0 Å². The molecule has 5 heterocycles. The Labute approximate surface area is 249 Å². The lowest BCUT2D eigenvalue weighted by atomic mass is 10.0. The number of piperidine rings is 1. The molecule has 1 aromatic carbocycles. The highest BCUT2D eigenvalue weighted by Gasteiger charge is 2.23. The summed E-state index contributed by atoms with van der Waals surface area (Å²) in [7, 11) is 6.39. The smallest absolute Gasteiger partial charge is 0.278 e. The summed E-state index contributed by atoms with van der Waals surface area (Å²) in [5.74, 6) is 0.744. The summed E-state index contributed by atoms with van der Waals surface area (Å²) in [6, 6.07) is 9.78. The van der Waals surface area contributed by atoms with E-state index >= 15 is 0 Å². The van der Waals surface area contributed by atoms with E-state index in [9.17, 15) is 9.59 Å². The Balaban J connectivity index is 1.36. The predicted molar refractivity (Wildman–Crippen MR) is 171 cm³/mol. The zero-order chi connectivity index (χ0) is 30.4. The number of nitrogens with zero attached hydrogens (tertiary/aromatic N) is 9. The van der Waals surface area contributed by atoms with Crippen LogP contribution in [-0.4, -0.2) is 71.8 Å². The highest BCUT2D eigenvalue weighted by molar-refractivity contribution is 5.95. The monoisotopic (exact) mass is 582 g/mol. The minimum absolute atomic E-state index is 0.154. The Bertz CT molecular complexity index is 1940. The molecule has 0 bridgehead atoms. The second-order valence-electron chi connectivity index (χ2n) is 11.7. The van der Waals surface area contributed by atoms with E-state index < -0.39 is 0 Å². The number of benzene rings is 1. The summed E-state index contributed by atoms with van der Waals surface area (Å²) in [6.45, 7) is 9.87. The van der Waals surface area contributed by atoms with Crippen molar-refractivity contribution in [3.05, 3.63) is 76.1 Å². The fourth-order valence-corrected chi connectivity index (χ4v) is 5.95. The molecule has 0 unspecified atom stereocenters. The van der Waals surface area contributed by atoms with Crippen LogP contribution in [0, 0.1) is 0 Å². The van der Waals surface area contributed by atoms with Crippen molar-refractivity contribution in [2.24, 2.45) is 7.05 Å². The standard InChI is InChI=1S/C31H38N10O2/c1-7-14-39-30(43)24-18-32-31(34-29(24)41(39)27-10-11-28(42)40(35-27)20(2)3)33-21-8-9-23-25(17-21)37(6)19-26(23)38-15-12-22(13-16-38)36(4)5/h7-11,17-20,22H,1,12-16H2,2-6H3,(H,32,33,34). The van der Waals surface area contributed by atoms with Crippen LogP contribution in [0.25, 0.3) is 27.8 Å². The number of aromatic nitrogens is 7. The van der Waals surface area contributed by atoms with E-state index in [0.29, 0.717) is 28.8 Å². The zero-order valence-electron chi connectivity index (χ0n) is 25.4. The summed E-state index contributed by atoms with van der Waals surface area (Å²) in [6.07, 6.45) is 7.66. The molecule has 12 nitrogen and oxygen atoms in total. The Morgan fingerprint density at radius 1 is 1.12 bits per heavy atom. The van der Waals surface area contributed by atoms with Gasteiger partial charge in [0.1, 0.15) is 5.39 Å². The van der Waals surface area contributed by atoms with Gasteiger partial charge in [0.15, 0.2) is 11.5 Å². The molecule has 0 aliphatic carbocycles. The first kappa shape index (κ1) is 28.4. The molecule has 0 radical (unpaired) electrons. The summed E-state index contributed by atoms with van der Waals surface area (Å²) in [5.41, 5.74) is 3.08. The van der Waals surface area contributed by atoms with Gasteiger partial charge in [0.05, 0.1) is 23.8 Å². The molecule has 1 saturated heterocycles. The lowest BCUT2D eigenvalue weighted by molar-refractivity contribution is 0.250. The number of hydrogen-bond donors (Lipinski definition) is 1. The van der Waals surface area contributed by atoms with Gasteiger partial charge in [-0.2, -0.15) is 4.98 Å². The van der Waals surface area contributed by atoms with Gasteiger partial charge in [0.25, 0.3) is 11.1 Å². The zero-order valence-corrected chi connectivity index (χ0v) is 25.4. The number of aryl methyl sites for hydroxylation is 1. The SMILES string of the molecule is C=CCn1c(=O)c2cnc(Nc3ccc4c(N5CCC(N(C)C)CC5)cn(C)c4c3)nc2n1-c1ccc(=O)n(C(C)C)n1. The highest BCUT2D eigenvalue weighted by Crippen LogP contribution is 2.33. The second kappa shape index (κ2) is 11.2. The van der Waals surface area contributed by atoms with E-state index in [4.69, 9.17) is 4.98 Å². The average Bonchev–Trinajstić information content (AvgIpc) is 3.46.